The number of hydrogen-bond donors (Lipinski definition) is 1. The summed E-state index contributed by atoms with van der Waals surface area (Å²) < 4.78 is 9.87. The highest BCUT2D eigenvalue weighted by atomic mass is 16.5. The summed E-state index contributed by atoms with van der Waals surface area (Å²) >= 11 is 0. The monoisotopic (exact) mass is 219 g/mol. The van der Waals surface area contributed by atoms with Crippen LogP contribution in [0.25, 0.3) is 11.1 Å². The third kappa shape index (κ3) is 1.75. The smallest absolute Gasteiger partial charge is 0.417 e. The molecule has 2 aromatic rings. The van der Waals surface area contributed by atoms with E-state index in [9.17, 15) is 9.59 Å². The summed E-state index contributed by atoms with van der Waals surface area (Å²) in [6.45, 7) is 5.00. The van der Waals surface area contributed by atoms with Crippen molar-refractivity contribution in [3.8, 4) is 5.75 Å². The number of H-pyrrole nitrogens is 1. The van der Waals surface area contributed by atoms with Crippen LogP contribution >= 0.6 is 0 Å². The topological polar surface area (TPSA) is 72.3 Å². The minimum absolute atomic E-state index is 0.198. The Kier molecular flexibility index (Phi) is 2.36. The van der Waals surface area contributed by atoms with E-state index in [-0.39, 0.29) is 16.9 Å². The lowest BCUT2D eigenvalue weighted by molar-refractivity contribution is -0.130. The maximum Gasteiger partial charge on any atom is 0.417 e. The van der Waals surface area contributed by atoms with Crippen molar-refractivity contribution >= 4 is 17.1 Å². The molecule has 16 heavy (non-hydrogen) atoms. The quantitative estimate of drug-likeness (QED) is 0.473. The molecule has 1 N–H and O–H groups in total. The molecule has 82 valence electrons. The third-order valence-corrected chi connectivity index (χ3v) is 1.96. The first-order chi connectivity index (χ1) is 7.58. The van der Waals surface area contributed by atoms with Crippen LogP contribution in [0.3, 0.4) is 0 Å². The number of benzene rings is 1. The first-order valence-corrected chi connectivity index (χ1v) is 4.57. The molecule has 0 radical (unpaired) electrons. The van der Waals surface area contributed by atoms with Crippen LogP contribution in [0.5, 0.6) is 5.75 Å². The molecule has 0 aliphatic carbocycles. The van der Waals surface area contributed by atoms with Gasteiger partial charge in [-0.15, -0.1) is 0 Å². The molecule has 0 saturated carbocycles. The third-order valence-electron chi connectivity index (χ3n) is 1.96. The minimum atomic E-state index is -0.589. The fourth-order valence-electron chi connectivity index (χ4n) is 1.22. The Bertz CT molecular complexity index is 620. The number of ether oxygens (including phenoxy) is 1. The van der Waals surface area contributed by atoms with Gasteiger partial charge in [-0.25, -0.2) is 9.59 Å². The minimum Gasteiger partial charge on any atom is -0.419 e. The molecule has 0 bridgehead atoms. The molecule has 0 aliphatic heterocycles. The molecule has 1 aromatic carbocycles. The Balaban J connectivity index is 2.48. The molecule has 0 unspecified atom stereocenters. The Labute approximate surface area is 90.3 Å². The summed E-state index contributed by atoms with van der Waals surface area (Å²) in [5.74, 6) is -0.950. The largest absolute Gasteiger partial charge is 0.419 e. The molecular weight excluding hydrogens is 210 g/mol. The number of hydrogen-bond acceptors (Lipinski definition) is 4. The van der Waals surface area contributed by atoms with Gasteiger partial charge in [-0.2, -0.15) is 0 Å². The maximum absolute atomic E-state index is 11.3. The van der Waals surface area contributed by atoms with Gasteiger partial charge in [-0.3, -0.25) is 4.98 Å². The Morgan fingerprint density at radius 3 is 2.94 bits per heavy atom. The van der Waals surface area contributed by atoms with E-state index in [1.807, 2.05) is 0 Å². The molecule has 1 aromatic heterocycles. The van der Waals surface area contributed by atoms with Crippen molar-refractivity contribution in [3.05, 3.63) is 40.9 Å². The molecule has 0 amide bonds. The molecule has 0 aliphatic rings. The molecule has 5 nitrogen and oxygen atoms in total. The predicted molar refractivity (Wildman–Crippen MR) is 57.3 cm³/mol. The van der Waals surface area contributed by atoms with Crippen LogP contribution in [0.1, 0.15) is 6.92 Å². The average molecular weight is 219 g/mol. The summed E-state index contributed by atoms with van der Waals surface area (Å²) in [4.78, 5) is 24.8. The number of nitrogens with one attached hydrogen (secondary N) is 1. The van der Waals surface area contributed by atoms with Gasteiger partial charge in [0, 0.05) is 5.57 Å². The average Bonchev–Trinajstić information content (AvgIpc) is 2.59. The molecular formula is C11H9NO4. The standard InChI is InChI=1S/C11H9NO4/c1-6(2)10(13)15-8-5-3-4-7-9(8)16-11(14)12-7/h3-5H,1H2,2H3,(H,12,14). The van der Waals surface area contributed by atoms with E-state index in [1.54, 1.807) is 18.2 Å². The number of para-hydroxylation sites is 1. The number of aromatic nitrogens is 1. The Morgan fingerprint density at radius 2 is 2.25 bits per heavy atom. The number of oxazole rings is 1. The van der Waals surface area contributed by atoms with E-state index in [0.29, 0.717) is 5.52 Å². The van der Waals surface area contributed by atoms with Gasteiger partial charge in [-0.1, -0.05) is 12.6 Å². The normalized spacial score (nSPS) is 10.3. The van der Waals surface area contributed by atoms with Gasteiger partial charge in [0.15, 0.2) is 11.3 Å². The second-order valence-electron chi connectivity index (χ2n) is 3.32. The van der Waals surface area contributed by atoms with Crippen molar-refractivity contribution in [3.63, 3.8) is 0 Å². The van der Waals surface area contributed by atoms with Crippen molar-refractivity contribution in [1.29, 1.82) is 0 Å². The Hall–Kier alpha value is -2.30. The van der Waals surface area contributed by atoms with E-state index >= 15 is 0 Å². The molecule has 5 heteroatoms. The van der Waals surface area contributed by atoms with Crippen LogP contribution in [0, 0.1) is 0 Å². The molecule has 1 heterocycles. The van der Waals surface area contributed by atoms with Crippen molar-refractivity contribution in [1.82, 2.24) is 4.98 Å². The van der Waals surface area contributed by atoms with Gasteiger partial charge < -0.3 is 9.15 Å². The van der Waals surface area contributed by atoms with Crippen LogP contribution in [0.2, 0.25) is 0 Å². The zero-order valence-corrected chi connectivity index (χ0v) is 8.57. The fraction of sp³-hybridized carbons (Fsp3) is 0.0909. The molecule has 0 fully saturated rings. The van der Waals surface area contributed by atoms with Crippen LogP contribution in [-0.4, -0.2) is 11.0 Å². The second-order valence-corrected chi connectivity index (χ2v) is 3.32. The molecule has 0 spiro atoms. The van der Waals surface area contributed by atoms with Crippen molar-refractivity contribution in [2.24, 2.45) is 0 Å². The molecule has 0 saturated heterocycles. The first-order valence-electron chi connectivity index (χ1n) is 4.57. The van der Waals surface area contributed by atoms with E-state index < -0.39 is 11.7 Å². The molecule has 2 rings (SSSR count). The number of carbonyl (C=O) groups is 1. The SMILES string of the molecule is C=C(C)C(=O)Oc1cccc2[nH]c(=O)oc12. The summed E-state index contributed by atoms with van der Waals surface area (Å²) in [5.41, 5.74) is 0.981. The lowest BCUT2D eigenvalue weighted by atomic mass is 10.3. The zero-order valence-electron chi connectivity index (χ0n) is 8.57. The van der Waals surface area contributed by atoms with Crippen LogP contribution in [0.4, 0.5) is 0 Å². The van der Waals surface area contributed by atoms with Crippen molar-refractivity contribution < 1.29 is 13.9 Å². The number of aromatic amines is 1. The first kappa shape index (κ1) is 10.2. The zero-order chi connectivity index (χ0) is 11.7. The van der Waals surface area contributed by atoms with Gasteiger partial charge >= 0.3 is 11.7 Å². The van der Waals surface area contributed by atoms with E-state index in [2.05, 4.69) is 11.6 Å². The van der Waals surface area contributed by atoms with Gasteiger partial charge in [0.05, 0.1) is 5.52 Å². The van der Waals surface area contributed by atoms with Crippen LogP contribution in [-0.2, 0) is 4.79 Å². The number of carbonyl (C=O) groups excluding carboxylic acids is 1. The second kappa shape index (κ2) is 3.69. The van der Waals surface area contributed by atoms with Gasteiger partial charge in [0.25, 0.3) is 0 Å². The number of rotatable bonds is 2. The lowest BCUT2D eigenvalue weighted by Gasteiger charge is -2.02. The highest BCUT2D eigenvalue weighted by molar-refractivity contribution is 5.91. The highest BCUT2D eigenvalue weighted by Gasteiger charge is 2.12. The van der Waals surface area contributed by atoms with Crippen molar-refractivity contribution in [2.75, 3.05) is 0 Å². The highest BCUT2D eigenvalue weighted by Crippen LogP contribution is 2.23. The van der Waals surface area contributed by atoms with Gasteiger partial charge in [-0.05, 0) is 19.1 Å². The van der Waals surface area contributed by atoms with E-state index in [0.717, 1.165) is 0 Å². The predicted octanol–water partition coefficient (Wildman–Crippen LogP) is 1.60. The summed E-state index contributed by atoms with van der Waals surface area (Å²) in [6, 6.07) is 4.84. The van der Waals surface area contributed by atoms with E-state index in [4.69, 9.17) is 9.15 Å². The fourth-order valence-corrected chi connectivity index (χ4v) is 1.22. The maximum atomic E-state index is 11.3. The lowest BCUT2D eigenvalue weighted by Crippen LogP contribution is -2.08. The summed E-state index contributed by atoms with van der Waals surface area (Å²) in [5, 5.41) is 0. The van der Waals surface area contributed by atoms with Crippen LogP contribution in [0.15, 0.2) is 39.6 Å². The Morgan fingerprint density at radius 1 is 1.50 bits per heavy atom. The van der Waals surface area contributed by atoms with Crippen LogP contribution < -0.4 is 10.5 Å². The number of fused-ring (bicyclic) bond motifs is 1. The molecule has 0 atom stereocenters. The summed E-state index contributed by atoms with van der Waals surface area (Å²) in [6.07, 6.45) is 0. The number of esters is 1. The van der Waals surface area contributed by atoms with E-state index in [1.165, 1.54) is 6.92 Å². The van der Waals surface area contributed by atoms with Crippen molar-refractivity contribution in [2.45, 2.75) is 6.92 Å². The summed E-state index contributed by atoms with van der Waals surface area (Å²) in [7, 11) is 0. The van der Waals surface area contributed by atoms with Gasteiger partial charge in [0.2, 0.25) is 0 Å². The van der Waals surface area contributed by atoms with Gasteiger partial charge in [0.1, 0.15) is 0 Å².